The standard InChI is InChI=1S/C19H23N3O2/c1-2-3-10-19(20-21-19)11-9-18(23)22-12-13-24-15-17(22)14-16-7-5-4-6-8-16/h1,4-8,17H,3,9-15H2/t17-/m0/s1. The summed E-state index contributed by atoms with van der Waals surface area (Å²) in [6, 6.07) is 10.3. The number of amides is 1. The highest BCUT2D eigenvalue weighted by molar-refractivity contribution is 5.76. The number of morpholine rings is 1. The fourth-order valence-electron chi connectivity index (χ4n) is 3.16. The van der Waals surface area contributed by atoms with Crippen molar-refractivity contribution in [3.05, 3.63) is 35.9 Å². The highest BCUT2D eigenvalue weighted by Gasteiger charge is 2.40. The van der Waals surface area contributed by atoms with Crippen LogP contribution in [0.5, 0.6) is 0 Å². The number of benzene rings is 1. The van der Waals surface area contributed by atoms with Crippen molar-refractivity contribution in [2.45, 2.75) is 43.8 Å². The predicted octanol–water partition coefficient (Wildman–Crippen LogP) is 2.81. The van der Waals surface area contributed by atoms with Gasteiger partial charge < -0.3 is 9.64 Å². The van der Waals surface area contributed by atoms with Gasteiger partial charge in [0.05, 0.1) is 19.3 Å². The molecule has 2 aliphatic heterocycles. The summed E-state index contributed by atoms with van der Waals surface area (Å²) in [7, 11) is 0. The van der Waals surface area contributed by atoms with E-state index < -0.39 is 0 Å². The maximum absolute atomic E-state index is 12.7. The molecule has 0 bridgehead atoms. The van der Waals surface area contributed by atoms with Gasteiger partial charge in [0.2, 0.25) is 5.91 Å². The average Bonchev–Trinajstić information content (AvgIpc) is 3.40. The van der Waals surface area contributed by atoms with Crippen LogP contribution in [-0.2, 0) is 16.0 Å². The maximum Gasteiger partial charge on any atom is 0.223 e. The van der Waals surface area contributed by atoms with Crippen LogP contribution in [0.3, 0.4) is 0 Å². The van der Waals surface area contributed by atoms with E-state index in [1.54, 1.807) is 0 Å². The van der Waals surface area contributed by atoms with Gasteiger partial charge in [0.25, 0.3) is 0 Å². The molecule has 0 radical (unpaired) electrons. The highest BCUT2D eigenvalue weighted by atomic mass is 16.5. The van der Waals surface area contributed by atoms with Gasteiger partial charge in [0.15, 0.2) is 5.66 Å². The zero-order valence-corrected chi connectivity index (χ0v) is 13.9. The van der Waals surface area contributed by atoms with E-state index in [4.69, 9.17) is 11.2 Å². The topological polar surface area (TPSA) is 54.3 Å². The minimum Gasteiger partial charge on any atom is -0.377 e. The zero-order chi connectivity index (χ0) is 16.8. The molecule has 1 saturated heterocycles. The molecule has 0 saturated carbocycles. The summed E-state index contributed by atoms with van der Waals surface area (Å²) in [5.74, 6) is 2.78. The van der Waals surface area contributed by atoms with Gasteiger partial charge in [-0.3, -0.25) is 4.79 Å². The predicted molar refractivity (Wildman–Crippen MR) is 91.4 cm³/mol. The van der Waals surface area contributed by atoms with Crippen LogP contribution in [0.25, 0.3) is 0 Å². The number of terminal acetylenes is 1. The quantitative estimate of drug-likeness (QED) is 0.724. The number of carbonyl (C=O) groups excluding carboxylic acids is 1. The largest absolute Gasteiger partial charge is 0.377 e. The highest BCUT2D eigenvalue weighted by Crippen LogP contribution is 2.37. The van der Waals surface area contributed by atoms with Gasteiger partial charge in [0.1, 0.15) is 0 Å². The second-order valence-corrected chi connectivity index (χ2v) is 6.39. The minimum absolute atomic E-state index is 0.100. The molecule has 0 N–H and O–H groups in total. The van der Waals surface area contributed by atoms with Crippen LogP contribution >= 0.6 is 0 Å². The lowest BCUT2D eigenvalue weighted by atomic mass is 10.00. The molecule has 0 aliphatic carbocycles. The third-order valence-electron chi connectivity index (χ3n) is 4.65. The third-order valence-corrected chi connectivity index (χ3v) is 4.65. The first-order valence-corrected chi connectivity index (χ1v) is 8.51. The normalized spacial score (nSPS) is 21.3. The van der Waals surface area contributed by atoms with Crippen molar-refractivity contribution in [3.8, 4) is 12.3 Å². The Morgan fingerprint density at radius 1 is 1.33 bits per heavy atom. The molecular weight excluding hydrogens is 302 g/mol. The van der Waals surface area contributed by atoms with E-state index in [1.165, 1.54) is 5.56 Å². The SMILES string of the molecule is C#CCCC1(CCC(=O)N2CCOC[C@@H]2Cc2ccccc2)N=N1. The molecule has 1 aromatic rings. The fraction of sp³-hybridized carbons (Fsp3) is 0.526. The minimum atomic E-state index is -0.386. The number of carbonyl (C=O) groups is 1. The van der Waals surface area contributed by atoms with Crippen LogP contribution in [0.4, 0.5) is 0 Å². The number of nitrogens with zero attached hydrogens (tertiary/aromatic N) is 3. The molecule has 24 heavy (non-hydrogen) atoms. The molecule has 2 heterocycles. The molecule has 2 aliphatic rings. The Morgan fingerprint density at radius 2 is 2.12 bits per heavy atom. The first-order chi connectivity index (χ1) is 11.7. The second kappa shape index (κ2) is 7.59. The molecule has 5 heteroatoms. The molecule has 1 fully saturated rings. The lowest BCUT2D eigenvalue weighted by Crippen LogP contribution is -2.49. The van der Waals surface area contributed by atoms with Crippen LogP contribution in [0, 0.1) is 12.3 Å². The lowest BCUT2D eigenvalue weighted by molar-refractivity contribution is -0.140. The van der Waals surface area contributed by atoms with Gasteiger partial charge >= 0.3 is 0 Å². The van der Waals surface area contributed by atoms with Gasteiger partial charge in [-0.25, -0.2) is 0 Å². The Labute approximate surface area is 143 Å². The van der Waals surface area contributed by atoms with Crippen molar-refractivity contribution in [2.75, 3.05) is 19.8 Å². The van der Waals surface area contributed by atoms with Gasteiger partial charge in [0, 0.05) is 32.2 Å². The summed E-state index contributed by atoms with van der Waals surface area (Å²) in [6.45, 7) is 1.85. The third kappa shape index (κ3) is 4.21. The van der Waals surface area contributed by atoms with Gasteiger partial charge in [-0.05, 0) is 12.0 Å². The molecular formula is C19H23N3O2. The van der Waals surface area contributed by atoms with E-state index in [2.05, 4.69) is 28.3 Å². The Morgan fingerprint density at radius 3 is 2.83 bits per heavy atom. The number of hydrogen-bond acceptors (Lipinski definition) is 4. The Hall–Kier alpha value is -2.19. The first-order valence-electron chi connectivity index (χ1n) is 8.51. The van der Waals surface area contributed by atoms with Gasteiger partial charge in [-0.2, -0.15) is 10.2 Å². The van der Waals surface area contributed by atoms with Crippen molar-refractivity contribution in [3.63, 3.8) is 0 Å². The van der Waals surface area contributed by atoms with Crippen molar-refractivity contribution < 1.29 is 9.53 Å². The molecule has 1 atom stereocenters. The average molecular weight is 325 g/mol. The van der Waals surface area contributed by atoms with E-state index in [-0.39, 0.29) is 17.6 Å². The number of hydrogen-bond donors (Lipinski definition) is 0. The lowest BCUT2D eigenvalue weighted by Gasteiger charge is -2.36. The summed E-state index contributed by atoms with van der Waals surface area (Å²) in [6.07, 6.45) is 8.64. The van der Waals surface area contributed by atoms with E-state index in [0.717, 1.165) is 12.8 Å². The summed E-state index contributed by atoms with van der Waals surface area (Å²) in [5.41, 5.74) is 0.840. The maximum atomic E-state index is 12.7. The Kier molecular flexibility index (Phi) is 5.27. The fourth-order valence-corrected chi connectivity index (χ4v) is 3.16. The molecule has 0 spiro atoms. The number of rotatable bonds is 7. The van der Waals surface area contributed by atoms with Crippen LogP contribution < -0.4 is 0 Å². The monoisotopic (exact) mass is 325 g/mol. The van der Waals surface area contributed by atoms with Crippen LogP contribution in [0.2, 0.25) is 0 Å². The Bertz CT molecular complexity index is 630. The first kappa shape index (κ1) is 16.7. The molecule has 0 unspecified atom stereocenters. The van der Waals surface area contributed by atoms with Gasteiger partial charge in [-0.1, -0.05) is 30.3 Å². The second-order valence-electron chi connectivity index (χ2n) is 6.39. The van der Waals surface area contributed by atoms with E-state index in [9.17, 15) is 4.79 Å². The van der Waals surface area contributed by atoms with Crippen molar-refractivity contribution in [1.29, 1.82) is 0 Å². The van der Waals surface area contributed by atoms with Crippen LogP contribution in [-0.4, -0.2) is 42.3 Å². The summed E-state index contributed by atoms with van der Waals surface area (Å²) >= 11 is 0. The molecule has 1 aromatic carbocycles. The van der Waals surface area contributed by atoms with Crippen molar-refractivity contribution in [1.82, 2.24) is 4.90 Å². The smallest absolute Gasteiger partial charge is 0.223 e. The van der Waals surface area contributed by atoms with Crippen molar-refractivity contribution >= 4 is 5.91 Å². The number of ether oxygens (including phenoxy) is 1. The summed E-state index contributed by atoms with van der Waals surface area (Å²) in [5, 5.41) is 8.22. The summed E-state index contributed by atoms with van der Waals surface area (Å²) < 4.78 is 5.59. The van der Waals surface area contributed by atoms with Crippen molar-refractivity contribution in [2.24, 2.45) is 10.2 Å². The summed E-state index contributed by atoms with van der Waals surface area (Å²) in [4.78, 5) is 14.7. The van der Waals surface area contributed by atoms with E-state index in [0.29, 0.717) is 39.0 Å². The van der Waals surface area contributed by atoms with Crippen LogP contribution in [0.1, 0.15) is 31.2 Å². The molecule has 126 valence electrons. The molecule has 0 aromatic heterocycles. The van der Waals surface area contributed by atoms with Gasteiger partial charge in [-0.15, -0.1) is 12.3 Å². The van der Waals surface area contributed by atoms with Crippen LogP contribution in [0.15, 0.2) is 40.6 Å². The molecule has 3 rings (SSSR count). The van der Waals surface area contributed by atoms with E-state index >= 15 is 0 Å². The molecule has 1 amide bonds. The molecule has 5 nitrogen and oxygen atoms in total. The zero-order valence-electron chi connectivity index (χ0n) is 13.9. The Balaban J connectivity index is 1.55. The van der Waals surface area contributed by atoms with E-state index in [1.807, 2.05) is 23.1 Å².